The fraction of sp³-hybridized carbons (Fsp3) is 0.600. The van der Waals surface area contributed by atoms with Crippen LogP contribution in [0.5, 0.6) is 0 Å². The van der Waals surface area contributed by atoms with Crippen molar-refractivity contribution < 1.29 is 4.74 Å². The average Bonchev–Trinajstić information content (AvgIpc) is 2.42. The Morgan fingerprint density at radius 3 is 2.72 bits per heavy atom. The van der Waals surface area contributed by atoms with Crippen molar-refractivity contribution in [2.24, 2.45) is 5.92 Å². The van der Waals surface area contributed by atoms with Gasteiger partial charge in [0.2, 0.25) is 0 Å². The van der Waals surface area contributed by atoms with E-state index < -0.39 is 0 Å². The van der Waals surface area contributed by atoms with Crippen LogP contribution in [0, 0.1) is 5.92 Å². The third kappa shape index (κ3) is 3.81. The largest absolute Gasteiger partial charge is 0.381 e. The number of nitrogens with one attached hydrogen (secondary N) is 1. The second kappa shape index (κ2) is 7.27. The van der Waals surface area contributed by atoms with Crippen molar-refractivity contribution in [2.45, 2.75) is 32.2 Å². The molecule has 1 aromatic carbocycles. The quantitative estimate of drug-likeness (QED) is 0.900. The lowest BCUT2D eigenvalue weighted by Gasteiger charge is -2.31. The highest BCUT2D eigenvalue weighted by Gasteiger charge is 2.23. The summed E-state index contributed by atoms with van der Waals surface area (Å²) in [5.41, 5.74) is 1.40. The van der Waals surface area contributed by atoms with Crippen molar-refractivity contribution in [1.82, 2.24) is 5.32 Å². The van der Waals surface area contributed by atoms with E-state index in [1.165, 1.54) is 22.9 Å². The van der Waals surface area contributed by atoms with E-state index in [2.05, 4.69) is 52.4 Å². The van der Waals surface area contributed by atoms with E-state index in [0.717, 1.165) is 32.1 Å². The molecule has 18 heavy (non-hydrogen) atoms. The monoisotopic (exact) mass is 311 g/mol. The first-order chi connectivity index (χ1) is 8.81. The van der Waals surface area contributed by atoms with Crippen molar-refractivity contribution in [1.29, 1.82) is 0 Å². The van der Waals surface area contributed by atoms with E-state index in [1.807, 2.05) is 0 Å². The van der Waals surface area contributed by atoms with Gasteiger partial charge >= 0.3 is 0 Å². The summed E-state index contributed by atoms with van der Waals surface area (Å²) in [5.74, 6) is 0.741. The summed E-state index contributed by atoms with van der Waals surface area (Å²) in [7, 11) is 0. The maximum Gasteiger partial charge on any atom is 0.0469 e. The van der Waals surface area contributed by atoms with Gasteiger partial charge in [-0.1, -0.05) is 41.1 Å². The Kier molecular flexibility index (Phi) is 5.67. The molecule has 1 aliphatic rings. The molecular weight excluding hydrogens is 290 g/mol. The van der Waals surface area contributed by atoms with E-state index in [0.29, 0.717) is 6.04 Å². The van der Waals surface area contributed by atoms with Gasteiger partial charge in [0.05, 0.1) is 0 Å². The minimum Gasteiger partial charge on any atom is -0.381 e. The van der Waals surface area contributed by atoms with Crippen molar-refractivity contribution >= 4 is 15.9 Å². The number of benzene rings is 1. The first-order valence-electron chi connectivity index (χ1n) is 6.85. The SMILES string of the molecule is CCNC(Cc1ccccc1Br)C1CCOCC1. The third-order valence-electron chi connectivity index (χ3n) is 3.70. The fourth-order valence-electron chi connectivity index (χ4n) is 2.69. The minimum atomic E-state index is 0.567. The maximum atomic E-state index is 5.46. The standard InChI is InChI=1S/C15H22BrNO/c1-2-17-15(12-7-9-18-10-8-12)11-13-5-3-4-6-14(13)16/h3-6,12,15,17H,2,7-11H2,1H3. The molecule has 1 fully saturated rings. The highest BCUT2D eigenvalue weighted by Crippen LogP contribution is 2.24. The van der Waals surface area contributed by atoms with Gasteiger partial charge in [-0.2, -0.15) is 0 Å². The van der Waals surface area contributed by atoms with E-state index in [4.69, 9.17) is 4.74 Å². The Balaban J connectivity index is 2.03. The summed E-state index contributed by atoms with van der Waals surface area (Å²) in [6.45, 7) is 5.06. The molecule has 0 aromatic heterocycles. The van der Waals surface area contributed by atoms with Crippen LogP contribution in [0.25, 0.3) is 0 Å². The smallest absolute Gasteiger partial charge is 0.0469 e. The molecule has 0 radical (unpaired) electrons. The number of hydrogen-bond donors (Lipinski definition) is 1. The Labute approximate surface area is 118 Å². The van der Waals surface area contributed by atoms with Crippen LogP contribution in [0.15, 0.2) is 28.7 Å². The zero-order chi connectivity index (χ0) is 12.8. The molecule has 1 heterocycles. The second-order valence-electron chi connectivity index (χ2n) is 4.91. The van der Waals surface area contributed by atoms with E-state index >= 15 is 0 Å². The van der Waals surface area contributed by atoms with Crippen molar-refractivity contribution in [3.05, 3.63) is 34.3 Å². The Morgan fingerprint density at radius 1 is 1.33 bits per heavy atom. The number of ether oxygens (including phenoxy) is 1. The molecule has 100 valence electrons. The molecule has 0 aliphatic carbocycles. The Morgan fingerprint density at radius 2 is 2.06 bits per heavy atom. The van der Waals surface area contributed by atoms with Gasteiger partial charge in [0.25, 0.3) is 0 Å². The minimum absolute atomic E-state index is 0.567. The molecule has 1 saturated heterocycles. The zero-order valence-electron chi connectivity index (χ0n) is 11.0. The Bertz CT molecular complexity index is 363. The summed E-state index contributed by atoms with van der Waals surface area (Å²) in [5, 5.41) is 3.65. The molecule has 3 heteroatoms. The molecule has 1 N–H and O–H groups in total. The van der Waals surface area contributed by atoms with Gasteiger partial charge in [0.15, 0.2) is 0 Å². The van der Waals surface area contributed by atoms with Crippen LogP contribution in [-0.2, 0) is 11.2 Å². The molecule has 0 spiro atoms. The molecule has 1 aliphatic heterocycles. The molecule has 1 aromatic rings. The van der Waals surface area contributed by atoms with Crippen LogP contribution in [0.4, 0.5) is 0 Å². The summed E-state index contributed by atoms with van der Waals surface area (Å²) in [6, 6.07) is 9.10. The van der Waals surface area contributed by atoms with Crippen LogP contribution in [0.3, 0.4) is 0 Å². The molecule has 2 nitrogen and oxygen atoms in total. The normalized spacial score (nSPS) is 18.8. The molecule has 0 amide bonds. The van der Waals surface area contributed by atoms with Crippen LogP contribution in [-0.4, -0.2) is 25.8 Å². The first-order valence-corrected chi connectivity index (χ1v) is 7.65. The molecular formula is C15H22BrNO. The van der Waals surface area contributed by atoms with Gasteiger partial charge in [-0.25, -0.2) is 0 Å². The third-order valence-corrected chi connectivity index (χ3v) is 4.47. The highest BCUT2D eigenvalue weighted by molar-refractivity contribution is 9.10. The lowest BCUT2D eigenvalue weighted by Crippen LogP contribution is -2.40. The predicted molar refractivity (Wildman–Crippen MR) is 78.9 cm³/mol. The maximum absolute atomic E-state index is 5.46. The summed E-state index contributed by atoms with van der Waals surface area (Å²) in [4.78, 5) is 0. The molecule has 1 unspecified atom stereocenters. The lowest BCUT2D eigenvalue weighted by molar-refractivity contribution is 0.0539. The molecule has 0 bridgehead atoms. The van der Waals surface area contributed by atoms with Crippen LogP contribution in [0.1, 0.15) is 25.3 Å². The highest BCUT2D eigenvalue weighted by atomic mass is 79.9. The lowest BCUT2D eigenvalue weighted by atomic mass is 9.87. The number of hydrogen-bond acceptors (Lipinski definition) is 2. The van der Waals surface area contributed by atoms with E-state index in [1.54, 1.807) is 0 Å². The van der Waals surface area contributed by atoms with E-state index in [9.17, 15) is 0 Å². The average molecular weight is 312 g/mol. The number of halogens is 1. The van der Waals surface area contributed by atoms with Crippen molar-refractivity contribution in [3.8, 4) is 0 Å². The van der Waals surface area contributed by atoms with Gasteiger partial charge in [0.1, 0.15) is 0 Å². The van der Waals surface area contributed by atoms with Gasteiger partial charge < -0.3 is 10.1 Å². The predicted octanol–water partition coefficient (Wildman–Crippen LogP) is 3.40. The molecule has 2 rings (SSSR count). The van der Waals surface area contributed by atoms with Gasteiger partial charge in [-0.15, -0.1) is 0 Å². The number of rotatable bonds is 5. The first kappa shape index (κ1) is 14.0. The fourth-order valence-corrected chi connectivity index (χ4v) is 3.13. The van der Waals surface area contributed by atoms with Crippen molar-refractivity contribution in [2.75, 3.05) is 19.8 Å². The van der Waals surface area contributed by atoms with Crippen LogP contribution in [0.2, 0.25) is 0 Å². The summed E-state index contributed by atoms with van der Waals surface area (Å²) in [6.07, 6.45) is 3.46. The van der Waals surface area contributed by atoms with Gasteiger partial charge in [-0.3, -0.25) is 0 Å². The number of likely N-dealkylation sites (N-methyl/N-ethyl adjacent to an activating group) is 1. The van der Waals surface area contributed by atoms with Gasteiger partial charge in [0, 0.05) is 23.7 Å². The second-order valence-corrected chi connectivity index (χ2v) is 5.76. The zero-order valence-corrected chi connectivity index (χ0v) is 12.6. The van der Waals surface area contributed by atoms with Crippen molar-refractivity contribution in [3.63, 3.8) is 0 Å². The summed E-state index contributed by atoms with van der Waals surface area (Å²) < 4.78 is 6.69. The van der Waals surface area contributed by atoms with Crippen LogP contribution >= 0.6 is 15.9 Å². The topological polar surface area (TPSA) is 21.3 Å². The van der Waals surface area contributed by atoms with Crippen LogP contribution < -0.4 is 5.32 Å². The van der Waals surface area contributed by atoms with E-state index in [-0.39, 0.29) is 0 Å². The van der Waals surface area contributed by atoms with Gasteiger partial charge in [-0.05, 0) is 43.4 Å². The molecule has 1 atom stereocenters. The Hall–Kier alpha value is -0.380. The summed E-state index contributed by atoms with van der Waals surface area (Å²) >= 11 is 3.65. The molecule has 0 saturated carbocycles.